The van der Waals surface area contributed by atoms with E-state index < -0.39 is 0 Å². The molecule has 3 rings (SSSR count). The molecule has 0 saturated carbocycles. The van der Waals surface area contributed by atoms with Crippen molar-refractivity contribution in [2.24, 2.45) is 0 Å². The topological polar surface area (TPSA) is 48.4 Å². The maximum Gasteiger partial charge on any atom is 0.115 e. The molecule has 1 unspecified atom stereocenters. The van der Waals surface area contributed by atoms with Gasteiger partial charge < -0.3 is 10.4 Å². The van der Waals surface area contributed by atoms with Crippen molar-refractivity contribution in [1.82, 2.24) is 15.2 Å². The fourth-order valence-electron chi connectivity index (χ4n) is 3.54. The molecule has 1 aliphatic rings. The van der Waals surface area contributed by atoms with Gasteiger partial charge in [0.15, 0.2) is 0 Å². The molecule has 4 heteroatoms. The van der Waals surface area contributed by atoms with Gasteiger partial charge in [-0.3, -0.25) is 9.88 Å². The quantitative estimate of drug-likeness (QED) is 0.812. The normalized spacial score (nSPS) is 17.5. The van der Waals surface area contributed by atoms with Crippen LogP contribution in [0.25, 0.3) is 0 Å². The summed E-state index contributed by atoms with van der Waals surface area (Å²) in [5.74, 6) is 0.341. The third-order valence-corrected chi connectivity index (χ3v) is 5.04. The standard InChI is InChI=1S/C21H29N3O/c1-17(4-5-18-6-8-21(25)9-7-18)23-20-10-13-24(14-11-20)16-19-3-2-12-22-15-19/h2-3,6-9,12,15,17,20,23,25H,4-5,10-11,13-14,16H2,1H3. The number of phenols is 1. The minimum atomic E-state index is 0.341. The summed E-state index contributed by atoms with van der Waals surface area (Å²) in [7, 11) is 0. The summed E-state index contributed by atoms with van der Waals surface area (Å²) in [6.07, 6.45) is 8.40. The number of likely N-dealkylation sites (tertiary alicyclic amines) is 1. The van der Waals surface area contributed by atoms with Crippen molar-refractivity contribution >= 4 is 0 Å². The van der Waals surface area contributed by atoms with Crippen LogP contribution in [0.15, 0.2) is 48.8 Å². The van der Waals surface area contributed by atoms with Crippen LogP contribution in [0.4, 0.5) is 0 Å². The van der Waals surface area contributed by atoms with Crippen LogP contribution in [-0.4, -0.2) is 40.2 Å². The van der Waals surface area contributed by atoms with E-state index in [-0.39, 0.29) is 0 Å². The average molecular weight is 339 g/mol. The van der Waals surface area contributed by atoms with E-state index in [0.717, 1.165) is 32.5 Å². The zero-order valence-electron chi connectivity index (χ0n) is 15.1. The Hall–Kier alpha value is -1.91. The molecule has 4 nitrogen and oxygen atoms in total. The minimum absolute atomic E-state index is 0.341. The fraction of sp³-hybridized carbons (Fsp3) is 0.476. The van der Waals surface area contributed by atoms with Crippen LogP contribution >= 0.6 is 0 Å². The number of hydrogen-bond acceptors (Lipinski definition) is 4. The molecule has 1 fully saturated rings. The summed E-state index contributed by atoms with van der Waals surface area (Å²) in [5.41, 5.74) is 2.59. The van der Waals surface area contributed by atoms with Gasteiger partial charge in [-0.05, 0) is 75.0 Å². The molecule has 1 aromatic carbocycles. The van der Waals surface area contributed by atoms with Gasteiger partial charge in [-0.15, -0.1) is 0 Å². The highest BCUT2D eigenvalue weighted by molar-refractivity contribution is 5.25. The Kier molecular flexibility index (Phi) is 6.42. The van der Waals surface area contributed by atoms with E-state index in [4.69, 9.17) is 0 Å². The van der Waals surface area contributed by atoms with E-state index in [2.05, 4.69) is 28.2 Å². The van der Waals surface area contributed by atoms with Crippen molar-refractivity contribution in [3.05, 3.63) is 59.9 Å². The first-order valence-electron chi connectivity index (χ1n) is 9.34. The highest BCUT2D eigenvalue weighted by Crippen LogP contribution is 2.16. The second-order valence-electron chi connectivity index (χ2n) is 7.18. The first-order chi connectivity index (χ1) is 12.2. The fourth-order valence-corrected chi connectivity index (χ4v) is 3.54. The van der Waals surface area contributed by atoms with E-state index in [1.165, 1.54) is 24.0 Å². The zero-order chi connectivity index (χ0) is 17.5. The average Bonchev–Trinajstić information content (AvgIpc) is 2.64. The van der Waals surface area contributed by atoms with E-state index >= 15 is 0 Å². The van der Waals surface area contributed by atoms with Crippen molar-refractivity contribution in [2.45, 2.75) is 51.2 Å². The maximum absolute atomic E-state index is 9.35. The van der Waals surface area contributed by atoms with Crippen molar-refractivity contribution in [1.29, 1.82) is 0 Å². The smallest absolute Gasteiger partial charge is 0.115 e. The molecule has 0 bridgehead atoms. The first kappa shape index (κ1) is 17.9. The molecule has 1 aromatic heterocycles. The highest BCUT2D eigenvalue weighted by atomic mass is 16.3. The number of aromatic nitrogens is 1. The van der Waals surface area contributed by atoms with Crippen molar-refractivity contribution < 1.29 is 5.11 Å². The zero-order valence-corrected chi connectivity index (χ0v) is 15.1. The molecule has 1 saturated heterocycles. The SMILES string of the molecule is CC(CCc1ccc(O)cc1)NC1CCN(Cc2cccnc2)CC1. The Morgan fingerprint density at radius 1 is 1.16 bits per heavy atom. The molecule has 1 atom stereocenters. The number of nitrogens with one attached hydrogen (secondary N) is 1. The van der Waals surface area contributed by atoms with E-state index in [1.54, 1.807) is 12.1 Å². The Bertz CT molecular complexity index is 621. The lowest BCUT2D eigenvalue weighted by molar-refractivity contribution is 0.184. The molecular formula is C21H29N3O. The molecule has 1 aliphatic heterocycles. The monoisotopic (exact) mass is 339 g/mol. The van der Waals surface area contributed by atoms with Gasteiger partial charge in [0.05, 0.1) is 0 Å². The van der Waals surface area contributed by atoms with Gasteiger partial charge in [0, 0.05) is 31.0 Å². The number of phenolic OH excluding ortho intramolecular Hbond substituents is 1. The molecule has 25 heavy (non-hydrogen) atoms. The highest BCUT2D eigenvalue weighted by Gasteiger charge is 2.20. The largest absolute Gasteiger partial charge is 0.508 e. The van der Waals surface area contributed by atoms with Gasteiger partial charge >= 0.3 is 0 Å². The van der Waals surface area contributed by atoms with Gasteiger partial charge in [0.1, 0.15) is 5.75 Å². The van der Waals surface area contributed by atoms with Crippen molar-refractivity contribution in [3.63, 3.8) is 0 Å². The third kappa shape index (κ3) is 5.83. The number of piperidine rings is 1. The molecule has 0 amide bonds. The predicted molar refractivity (Wildman–Crippen MR) is 102 cm³/mol. The van der Waals surface area contributed by atoms with E-state index in [0.29, 0.717) is 17.8 Å². The lowest BCUT2D eigenvalue weighted by Crippen LogP contribution is -2.45. The lowest BCUT2D eigenvalue weighted by atomic mass is 10.0. The minimum Gasteiger partial charge on any atom is -0.508 e. The van der Waals surface area contributed by atoms with E-state index in [9.17, 15) is 5.11 Å². The van der Waals surface area contributed by atoms with Crippen molar-refractivity contribution in [2.75, 3.05) is 13.1 Å². The molecule has 2 heterocycles. The Labute approximate surface area is 150 Å². The number of aryl methyl sites for hydroxylation is 1. The lowest BCUT2D eigenvalue weighted by Gasteiger charge is -2.34. The maximum atomic E-state index is 9.35. The summed E-state index contributed by atoms with van der Waals surface area (Å²) in [6, 6.07) is 12.9. The van der Waals surface area contributed by atoms with Gasteiger partial charge in [0.25, 0.3) is 0 Å². The van der Waals surface area contributed by atoms with Crippen LogP contribution in [0.5, 0.6) is 5.75 Å². The Balaban J connectivity index is 1.36. The number of benzene rings is 1. The molecule has 0 aliphatic carbocycles. The number of nitrogens with zero attached hydrogens (tertiary/aromatic N) is 2. The van der Waals surface area contributed by atoms with Crippen LogP contribution in [0.2, 0.25) is 0 Å². The number of hydrogen-bond donors (Lipinski definition) is 2. The predicted octanol–water partition coefficient (Wildman–Crippen LogP) is 3.36. The van der Waals surface area contributed by atoms with Crippen LogP contribution in [0, 0.1) is 0 Å². The molecule has 2 aromatic rings. The van der Waals surface area contributed by atoms with Crippen LogP contribution < -0.4 is 5.32 Å². The van der Waals surface area contributed by atoms with Crippen LogP contribution in [0.3, 0.4) is 0 Å². The second-order valence-corrected chi connectivity index (χ2v) is 7.18. The van der Waals surface area contributed by atoms with Crippen molar-refractivity contribution in [3.8, 4) is 5.75 Å². The summed E-state index contributed by atoms with van der Waals surface area (Å²) in [6.45, 7) is 5.59. The number of rotatable bonds is 7. The summed E-state index contributed by atoms with van der Waals surface area (Å²) >= 11 is 0. The Morgan fingerprint density at radius 2 is 1.92 bits per heavy atom. The van der Waals surface area contributed by atoms with Gasteiger partial charge in [-0.1, -0.05) is 18.2 Å². The van der Waals surface area contributed by atoms with Gasteiger partial charge in [-0.2, -0.15) is 0 Å². The van der Waals surface area contributed by atoms with Crippen LogP contribution in [0.1, 0.15) is 37.3 Å². The molecule has 2 N–H and O–H groups in total. The number of pyridine rings is 1. The van der Waals surface area contributed by atoms with Crippen LogP contribution in [-0.2, 0) is 13.0 Å². The molecule has 0 spiro atoms. The van der Waals surface area contributed by atoms with Gasteiger partial charge in [0.2, 0.25) is 0 Å². The summed E-state index contributed by atoms with van der Waals surface area (Å²) in [5, 5.41) is 13.1. The Morgan fingerprint density at radius 3 is 2.60 bits per heavy atom. The second kappa shape index (κ2) is 8.97. The molecule has 134 valence electrons. The summed E-state index contributed by atoms with van der Waals surface area (Å²) in [4.78, 5) is 6.73. The molecular weight excluding hydrogens is 310 g/mol. The molecule has 0 radical (unpaired) electrons. The third-order valence-electron chi connectivity index (χ3n) is 5.04. The number of aromatic hydroxyl groups is 1. The van der Waals surface area contributed by atoms with E-state index in [1.807, 2.05) is 30.6 Å². The first-order valence-corrected chi connectivity index (χ1v) is 9.34. The summed E-state index contributed by atoms with van der Waals surface area (Å²) < 4.78 is 0. The van der Waals surface area contributed by atoms with Gasteiger partial charge in [-0.25, -0.2) is 0 Å².